The van der Waals surface area contributed by atoms with E-state index in [-0.39, 0.29) is 0 Å². The highest BCUT2D eigenvalue weighted by Crippen LogP contribution is 2.16. The molecule has 0 radical (unpaired) electrons. The Balaban J connectivity index is 2.56. The molecule has 3 heteroatoms. The summed E-state index contributed by atoms with van der Waals surface area (Å²) in [5.74, 6) is 0.878. The maximum atomic E-state index is 5.11. The minimum atomic E-state index is 0.827. The summed E-state index contributed by atoms with van der Waals surface area (Å²) in [5, 5.41) is 3.26. The highest BCUT2D eigenvalue weighted by Gasteiger charge is 1.94. The molecule has 0 fully saturated rings. The summed E-state index contributed by atoms with van der Waals surface area (Å²) in [7, 11) is 5.71. The van der Waals surface area contributed by atoms with Gasteiger partial charge in [-0.1, -0.05) is 6.07 Å². The van der Waals surface area contributed by atoms with E-state index in [9.17, 15) is 0 Å². The standard InChI is InChI=1S/C10H16N2O/c1-12(2)8-11-9-5-4-6-10(7-9)13-3/h4-7,11H,8H2,1-3H3. The molecule has 0 aromatic heterocycles. The van der Waals surface area contributed by atoms with Gasteiger partial charge >= 0.3 is 0 Å². The molecule has 0 heterocycles. The van der Waals surface area contributed by atoms with Gasteiger partial charge in [-0.2, -0.15) is 0 Å². The van der Waals surface area contributed by atoms with Gasteiger partial charge in [0.1, 0.15) is 5.75 Å². The average Bonchev–Trinajstić information content (AvgIpc) is 2.15. The van der Waals surface area contributed by atoms with Crippen LogP contribution in [0.5, 0.6) is 5.75 Å². The maximum Gasteiger partial charge on any atom is 0.120 e. The fourth-order valence-corrected chi connectivity index (χ4v) is 0.982. The van der Waals surface area contributed by atoms with E-state index in [0.29, 0.717) is 0 Å². The summed E-state index contributed by atoms with van der Waals surface area (Å²) >= 11 is 0. The van der Waals surface area contributed by atoms with E-state index in [0.717, 1.165) is 18.1 Å². The Morgan fingerprint density at radius 2 is 2.15 bits per heavy atom. The molecule has 0 aliphatic carbocycles. The van der Waals surface area contributed by atoms with Crippen LogP contribution in [0.4, 0.5) is 5.69 Å². The molecule has 1 aromatic carbocycles. The van der Waals surface area contributed by atoms with Gasteiger partial charge in [0.15, 0.2) is 0 Å². The van der Waals surface area contributed by atoms with Crippen molar-refractivity contribution in [2.75, 3.05) is 33.2 Å². The second-order valence-corrected chi connectivity index (χ2v) is 3.15. The first-order chi connectivity index (χ1) is 6.22. The number of ether oxygens (including phenoxy) is 1. The summed E-state index contributed by atoms with van der Waals surface area (Å²) in [6.07, 6.45) is 0. The summed E-state index contributed by atoms with van der Waals surface area (Å²) in [6.45, 7) is 0.827. The third-order valence-electron chi connectivity index (χ3n) is 1.67. The van der Waals surface area contributed by atoms with Crippen LogP contribution in [0.1, 0.15) is 0 Å². The van der Waals surface area contributed by atoms with Gasteiger partial charge < -0.3 is 10.1 Å². The predicted molar refractivity (Wildman–Crippen MR) is 55.2 cm³/mol. The molecule has 0 amide bonds. The van der Waals surface area contributed by atoms with Crippen LogP contribution in [-0.4, -0.2) is 32.8 Å². The largest absolute Gasteiger partial charge is 0.497 e. The number of hydrogen-bond acceptors (Lipinski definition) is 3. The SMILES string of the molecule is COc1cccc(NCN(C)C)c1. The summed E-state index contributed by atoms with van der Waals surface area (Å²) in [5.41, 5.74) is 1.08. The van der Waals surface area contributed by atoms with Crippen LogP contribution in [-0.2, 0) is 0 Å². The average molecular weight is 180 g/mol. The van der Waals surface area contributed by atoms with Gasteiger partial charge in [-0.3, -0.25) is 4.90 Å². The predicted octanol–water partition coefficient (Wildman–Crippen LogP) is 1.63. The molecule has 1 N–H and O–H groups in total. The lowest BCUT2D eigenvalue weighted by atomic mass is 10.3. The number of benzene rings is 1. The fraction of sp³-hybridized carbons (Fsp3) is 0.400. The molecular weight excluding hydrogens is 164 g/mol. The lowest BCUT2D eigenvalue weighted by molar-refractivity contribution is 0.414. The highest BCUT2D eigenvalue weighted by atomic mass is 16.5. The van der Waals surface area contributed by atoms with Crippen LogP contribution >= 0.6 is 0 Å². The number of hydrogen-bond donors (Lipinski definition) is 1. The second-order valence-electron chi connectivity index (χ2n) is 3.15. The van der Waals surface area contributed by atoms with E-state index in [1.807, 2.05) is 38.4 Å². The minimum absolute atomic E-state index is 0.827. The Morgan fingerprint density at radius 3 is 2.77 bits per heavy atom. The van der Waals surface area contributed by atoms with Crippen molar-refractivity contribution in [3.05, 3.63) is 24.3 Å². The van der Waals surface area contributed by atoms with Gasteiger partial charge in [0.05, 0.1) is 13.8 Å². The van der Waals surface area contributed by atoms with Gasteiger partial charge in [-0.15, -0.1) is 0 Å². The van der Waals surface area contributed by atoms with Gasteiger partial charge in [-0.05, 0) is 26.2 Å². The van der Waals surface area contributed by atoms with Crippen molar-refractivity contribution in [1.29, 1.82) is 0 Å². The van der Waals surface area contributed by atoms with E-state index < -0.39 is 0 Å². The lowest BCUT2D eigenvalue weighted by Gasteiger charge is -2.12. The molecule has 3 nitrogen and oxygen atoms in total. The van der Waals surface area contributed by atoms with Crippen LogP contribution in [0.3, 0.4) is 0 Å². The third kappa shape index (κ3) is 3.34. The Hall–Kier alpha value is -1.22. The molecule has 0 aliphatic rings. The molecule has 13 heavy (non-hydrogen) atoms. The number of anilines is 1. The molecule has 0 bridgehead atoms. The first-order valence-electron chi connectivity index (χ1n) is 4.25. The molecule has 0 spiro atoms. The van der Waals surface area contributed by atoms with Gasteiger partial charge in [-0.25, -0.2) is 0 Å². The minimum Gasteiger partial charge on any atom is -0.497 e. The van der Waals surface area contributed by atoms with Crippen molar-refractivity contribution in [3.63, 3.8) is 0 Å². The topological polar surface area (TPSA) is 24.5 Å². The summed E-state index contributed by atoms with van der Waals surface area (Å²) in [4.78, 5) is 2.07. The zero-order valence-corrected chi connectivity index (χ0v) is 8.37. The van der Waals surface area contributed by atoms with Crippen molar-refractivity contribution in [2.24, 2.45) is 0 Å². The summed E-state index contributed by atoms with van der Waals surface area (Å²) in [6, 6.07) is 7.90. The smallest absolute Gasteiger partial charge is 0.120 e. The van der Waals surface area contributed by atoms with Crippen LogP contribution in [0, 0.1) is 0 Å². The van der Waals surface area contributed by atoms with Crippen molar-refractivity contribution in [3.8, 4) is 5.75 Å². The quantitative estimate of drug-likeness (QED) is 0.713. The van der Waals surface area contributed by atoms with Gasteiger partial charge in [0, 0.05) is 11.8 Å². The molecule has 0 aliphatic heterocycles. The lowest BCUT2D eigenvalue weighted by Crippen LogP contribution is -2.20. The van der Waals surface area contributed by atoms with Crippen LogP contribution in [0.15, 0.2) is 24.3 Å². The first kappa shape index (κ1) is 9.86. The third-order valence-corrected chi connectivity index (χ3v) is 1.67. The Labute approximate surface area is 79.3 Å². The van der Waals surface area contributed by atoms with E-state index in [4.69, 9.17) is 4.74 Å². The maximum absolute atomic E-state index is 5.11. The van der Waals surface area contributed by atoms with Gasteiger partial charge in [0.2, 0.25) is 0 Å². The van der Waals surface area contributed by atoms with Crippen molar-refractivity contribution in [1.82, 2.24) is 4.90 Å². The van der Waals surface area contributed by atoms with Crippen molar-refractivity contribution in [2.45, 2.75) is 0 Å². The Bertz CT molecular complexity index is 261. The second kappa shape index (κ2) is 4.72. The monoisotopic (exact) mass is 180 g/mol. The molecule has 1 aromatic rings. The number of methoxy groups -OCH3 is 1. The van der Waals surface area contributed by atoms with Gasteiger partial charge in [0.25, 0.3) is 0 Å². The zero-order chi connectivity index (χ0) is 9.68. The van der Waals surface area contributed by atoms with Crippen molar-refractivity contribution >= 4 is 5.69 Å². The molecule has 0 unspecified atom stereocenters. The number of nitrogens with zero attached hydrogens (tertiary/aromatic N) is 1. The molecule has 0 atom stereocenters. The first-order valence-corrected chi connectivity index (χ1v) is 4.25. The van der Waals surface area contributed by atoms with Crippen LogP contribution in [0.2, 0.25) is 0 Å². The summed E-state index contributed by atoms with van der Waals surface area (Å²) < 4.78 is 5.11. The normalized spacial score (nSPS) is 10.2. The number of rotatable bonds is 4. The van der Waals surface area contributed by atoms with Crippen LogP contribution < -0.4 is 10.1 Å². The van der Waals surface area contributed by atoms with E-state index in [1.54, 1.807) is 7.11 Å². The highest BCUT2D eigenvalue weighted by molar-refractivity contribution is 5.47. The van der Waals surface area contributed by atoms with Crippen LogP contribution in [0.25, 0.3) is 0 Å². The molecule has 0 saturated heterocycles. The Morgan fingerprint density at radius 1 is 1.38 bits per heavy atom. The Kier molecular flexibility index (Phi) is 3.58. The molecule has 0 saturated carbocycles. The van der Waals surface area contributed by atoms with E-state index in [1.165, 1.54) is 0 Å². The van der Waals surface area contributed by atoms with E-state index >= 15 is 0 Å². The molecular formula is C10H16N2O. The van der Waals surface area contributed by atoms with E-state index in [2.05, 4.69) is 10.2 Å². The zero-order valence-electron chi connectivity index (χ0n) is 8.37. The fourth-order valence-electron chi connectivity index (χ4n) is 0.982. The molecule has 1 rings (SSSR count). The number of nitrogens with one attached hydrogen (secondary N) is 1. The molecule has 72 valence electrons. The van der Waals surface area contributed by atoms with Crippen molar-refractivity contribution < 1.29 is 4.74 Å².